The van der Waals surface area contributed by atoms with Crippen molar-refractivity contribution < 1.29 is 4.79 Å². The molecule has 5 aromatic rings. The van der Waals surface area contributed by atoms with Crippen LogP contribution in [0.5, 0.6) is 0 Å². The fourth-order valence-electron chi connectivity index (χ4n) is 3.51. The summed E-state index contributed by atoms with van der Waals surface area (Å²) >= 11 is 0. The Morgan fingerprint density at radius 3 is 1.51 bits per heavy atom. The number of nitrogens with zero attached hydrogens (tertiary/aromatic N) is 2. The summed E-state index contributed by atoms with van der Waals surface area (Å²) in [5.74, 6) is 0. The maximum Gasteiger partial charge on any atom is 0.165 e. The molecule has 0 bridgehead atoms. The van der Waals surface area contributed by atoms with Gasteiger partial charge in [-0.3, -0.25) is 14.8 Å². The van der Waals surface area contributed by atoms with E-state index in [0.717, 1.165) is 33.9 Å². The van der Waals surface area contributed by atoms with Gasteiger partial charge < -0.3 is 0 Å². The first-order chi connectivity index (χ1) is 17.3. The van der Waals surface area contributed by atoms with Gasteiger partial charge in [0.2, 0.25) is 0 Å². The highest BCUT2D eigenvalue weighted by Gasteiger charge is 2.05. The number of benzene rings is 5. The van der Waals surface area contributed by atoms with Crippen LogP contribution in [0.2, 0.25) is 0 Å². The monoisotopic (exact) mass is 454 g/mol. The predicted octanol–water partition coefficient (Wildman–Crippen LogP) is 7.58. The van der Waals surface area contributed by atoms with Crippen LogP contribution in [0.25, 0.3) is 10.8 Å². The second kappa shape index (κ2) is 12.6. The largest absolute Gasteiger partial charge is 0.298 e. The van der Waals surface area contributed by atoms with Crippen LogP contribution < -0.4 is 0 Å². The third-order valence-electron chi connectivity index (χ3n) is 5.34. The van der Waals surface area contributed by atoms with Crippen LogP contribution in [0.15, 0.2) is 143 Å². The fourth-order valence-corrected chi connectivity index (χ4v) is 3.51. The summed E-state index contributed by atoms with van der Waals surface area (Å²) in [6.07, 6.45) is 4.38. The molecule has 170 valence electrons. The number of fused-ring (bicyclic) bond motifs is 1. The topological polar surface area (TPSA) is 41.8 Å². The molecule has 0 aromatic heterocycles. The van der Waals surface area contributed by atoms with Gasteiger partial charge in [-0.05, 0) is 33.5 Å². The molecule has 0 atom stereocenters. The Kier molecular flexibility index (Phi) is 8.45. The smallest absolute Gasteiger partial charge is 0.165 e. The van der Waals surface area contributed by atoms with Crippen LogP contribution in [0, 0.1) is 0 Å². The summed E-state index contributed by atoms with van der Waals surface area (Å²) in [5.41, 5.74) is 3.95. The molecule has 0 N–H and O–H groups in total. The number of aliphatic imine (C=N–C) groups is 2. The number of carbonyl (C=O) groups excluding carboxylic acids is 1. The van der Waals surface area contributed by atoms with Crippen LogP contribution in [-0.2, 0) is 0 Å². The lowest BCUT2D eigenvalue weighted by molar-refractivity contribution is 0.112. The average molecular weight is 455 g/mol. The van der Waals surface area contributed by atoms with E-state index in [-0.39, 0.29) is 6.17 Å². The molecular weight excluding hydrogens is 428 g/mol. The van der Waals surface area contributed by atoms with E-state index in [1.165, 1.54) is 5.39 Å². The van der Waals surface area contributed by atoms with Crippen molar-refractivity contribution in [2.75, 3.05) is 0 Å². The highest BCUT2D eigenvalue weighted by molar-refractivity contribution is 5.88. The minimum atomic E-state index is -0.239. The Morgan fingerprint density at radius 1 is 0.486 bits per heavy atom. The molecule has 0 amide bonds. The molecule has 0 radical (unpaired) electrons. The van der Waals surface area contributed by atoms with Crippen LogP contribution in [0.4, 0.5) is 0 Å². The van der Waals surface area contributed by atoms with Gasteiger partial charge in [0.1, 0.15) is 6.29 Å². The van der Waals surface area contributed by atoms with E-state index in [0.29, 0.717) is 0 Å². The van der Waals surface area contributed by atoms with Gasteiger partial charge in [0, 0.05) is 18.0 Å². The lowest BCUT2D eigenvalue weighted by Crippen LogP contribution is -1.94. The fraction of sp³-hybridized carbons (Fsp3) is 0.0312. The van der Waals surface area contributed by atoms with Crippen molar-refractivity contribution in [2.24, 2.45) is 9.98 Å². The molecule has 0 heterocycles. The molecule has 5 aromatic carbocycles. The van der Waals surface area contributed by atoms with Crippen molar-refractivity contribution in [1.29, 1.82) is 0 Å². The molecule has 0 saturated carbocycles. The van der Waals surface area contributed by atoms with Gasteiger partial charge in [-0.15, -0.1) is 0 Å². The third-order valence-corrected chi connectivity index (χ3v) is 5.34. The molecule has 35 heavy (non-hydrogen) atoms. The normalized spacial score (nSPS) is 11.8. The molecular formula is C32H26N2O. The number of aldehydes is 1. The van der Waals surface area contributed by atoms with Crippen LogP contribution >= 0.6 is 0 Å². The zero-order valence-electron chi connectivity index (χ0n) is 19.3. The van der Waals surface area contributed by atoms with Crippen molar-refractivity contribution in [1.82, 2.24) is 0 Å². The molecule has 0 aliphatic carbocycles. The van der Waals surface area contributed by atoms with E-state index >= 15 is 0 Å². The summed E-state index contributed by atoms with van der Waals surface area (Å²) < 4.78 is 0. The molecule has 0 fully saturated rings. The maximum atomic E-state index is 10.5. The lowest BCUT2D eigenvalue weighted by Gasteiger charge is -2.07. The SMILES string of the molecule is C(=NC(N=Cc1ccccc1)c1ccccc1)c1ccccc1.O=Cc1ccc2ccccc2c1. The quantitative estimate of drug-likeness (QED) is 0.193. The molecule has 3 heteroatoms. The third kappa shape index (κ3) is 7.18. The highest BCUT2D eigenvalue weighted by Crippen LogP contribution is 2.19. The minimum absolute atomic E-state index is 0.239. The molecule has 0 unspecified atom stereocenters. The van der Waals surface area contributed by atoms with Gasteiger partial charge in [-0.1, -0.05) is 127 Å². The Bertz CT molecular complexity index is 1350. The van der Waals surface area contributed by atoms with Gasteiger partial charge in [-0.25, -0.2) is 0 Å². The van der Waals surface area contributed by atoms with E-state index < -0.39 is 0 Å². The van der Waals surface area contributed by atoms with Crippen molar-refractivity contribution in [3.05, 3.63) is 156 Å². The summed E-state index contributed by atoms with van der Waals surface area (Å²) in [6, 6.07) is 44.0. The van der Waals surface area contributed by atoms with Crippen molar-refractivity contribution in [3.63, 3.8) is 0 Å². The summed E-state index contributed by atoms with van der Waals surface area (Å²) in [6.45, 7) is 0. The molecule has 0 saturated heterocycles. The Hall–Kier alpha value is -4.63. The highest BCUT2D eigenvalue weighted by atomic mass is 16.1. The summed E-state index contributed by atoms with van der Waals surface area (Å²) in [4.78, 5) is 19.8. The molecule has 0 aliphatic rings. The van der Waals surface area contributed by atoms with Gasteiger partial charge in [0.05, 0.1) is 0 Å². The van der Waals surface area contributed by atoms with E-state index in [4.69, 9.17) is 0 Å². The van der Waals surface area contributed by atoms with Crippen molar-refractivity contribution in [2.45, 2.75) is 6.17 Å². The molecule has 0 spiro atoms. The van der Waals surface area contributed by atoms with Crippen LogP contribution in [-0.4, -0.2) is 18.7 Å². The zero-order chi connectivity index (χ0) is 24.1. The first-order valence-corrected chi connectivity index (χ1v) is 11.5. The minimum Gasteiger partial charge on any atom is -0.298 e. The Balaban J connectivity index is 0.000000201. The lowest BCUT2D eigenvalue weighted by atomic mass is 10.1. The summed E-state index contributed by atoms with van der Waals surface area (Å²) in [5, 5.41) is 2.28. The van der Waals surface area contributed by atoms with E-state index in [9.17, 15) is 4.79 Å². The Labute approximate surface area is 206 Å². The van der Waals surface area contributed by atoms with E-state index in [1.807, 2.05) is 134 Å². The first kappa shape index (κ1) is 23.5. The van der Waals surface area contributed by atoms with Crippen LogP contribution in [0.1, 0.15) is 33.2 Å². The zero-order valence-corrected chi connectivity index (χ0v) is 19.3. The van der Waals surface area contributed by atoms with Gasteiger partial charge in [-0.2, -0.15) is 0 Å². The molecule has 0 aliphatic heterocycles. The van der Waals surface area contributed by atoms with Crippen molar-refractivity contribution >= 4 is 29.5 Å². The standard InChI is InChI=1S/C21H18N2.C11H8O/c1-4-10-18(11-5-1)16-22-21(20-14-8-3-9-15-20)23-17-19-12-6-2-7-13-19;12-8-9-5-6-10-3-1-2-4-11(10)7-9/h1-17,21H;1-8H. The molecule has 3 nitrogen and oxygen atoms in total. The second-order valence-electron chi connectivity index (χ2n) is 7.89. The Morgan fingerprint density at radius 2 is 0.971 bits per heavy atom. The van der Waals surface area contributed by atoms with E-state index in [1.54, 1.807) is 0 Å². The van der Waals surface area contributed by atoms with Gasteiger partial charge >= 0.3 is 0 Å². The number of rotatable bonds is 6. The number of hydrogen-bond donors (Lipinski definition) is 0. The van der Waals surface area contributed by atoms with Gasteiger partial charge in [0.25, 0.3) is 0 Å². The predicted molar refractivity (Wildman–Crippen MR) is 147 cm³/mol. The summed E-state index contributed by atoms with van der Waals surface area (Å²) in [7, 11) is 0. The number of hydrogen-bond acceptors (Lipinski definition) is 3. The average Bonchev–Trinajstić information content (AvgIpc) is 2.95. The van der Waals surface area contributed by atoms with Gasteiger partial charge in [0.15, 0.2) is 6.17 Å². The van der Waals surface area contributed by atoms with Crippen molar-refractivity contribution in [3.8, 4) is 0 Å². The first-order valence-electron chi connectivity index (χ1n) is 11.5. The number of carbonyl (C=O) groups is 1. The second-order valence-corrected chi connectivity index (χ2v) is 7.89. The molecule has 5 rings (SSSR count). The van der Waals surface area contributed by atoms with E-state index in [2.05, 4.69) is 22.1 Å². The van der Waals surface area contributed by atoms with Crippen LogP contribution in [0.3, 0.4) is 0 Å². The maximum absolute atomic E-state index is 10.5.